The van der Waals surface area contributed by atoms with E-state index < -0.39 is 16.5 Å². The third kappa shape index (κ3) is 3.04. The van der Waals surface area contributed by atoms with Crippen LogP contribution in [-0.2, 0) is 0 Å². The Morgan fingerprint density at radius 2 is 1.75 bits per heavy atom. The van der Waals surface area contributed by atoms with E-state index in [1.165, 1.54) is 6.07 Å². The van der Waals surface area contributed by atoms with Gasteiger partial charge in [-0.05, 0) is 41.1 Å². The van der Waals surface area contributed by atoms with Crippen molar-refractivity contribution >= 4 is 31.9 Å². The summed E-state index contributed by atoms with van der Waals surface area (Å²) < 4.78 is 33.1. The number of alkyl halides is 1. The average Bonchev–Trinajstić information content (AvgIpc) is 2.42. The van der Waals surface area contributed by atoms with Crippen LogP contribution in [0.2, 0.25) is 0 Å². The number of halogens is 4. The van der Waals surface area contributed by atoms with E-state index in [0.717, 1.165) is 17.2 Å². The van der Waals surface area contributed by atoms with Gasteiger partial charge in [-0.1, -0.05) is 33.6 Å². The lowest BCUT2D eigenvalue weighted by Crippen LogP contribution is -2.01. The molecule has 0 saturated carbocycles. The molecule has 2 rings (SSSR count). The standard InChI is InChI=1S/C15H12Br2F2O/c1-8-3-4-14(20-2)10(5-8)15(17)9-6-13(19)11(16)7-12(9)18/h3-7,15H,1-2H3. The number of benzene rings is 2. The van der Waals surface area contributed by atoms with Crippen LogP contribution >= 0.6 is 31.9 Å². The Balaban J connectivity index is 2.54. The average molecular weight is 406 g/mol. The first-order valence-corrected chi connectivity index (χ1v) is 7.58. The van der Waals surface area contributed by atoms with E-state index in [1.807, 2.05) is 25.1 Å². The topological polar surface area (TPSA) is 9.23 Å². The minimum Gasteiger partial charge on any atom is -0.496 e. The summed E-state index contributed by atoms with van der Waals surface area (Å²) in [5.74, 6) is -0.360. The summed E-state index contributed by atoms with van der Waals surface area (Å²) in [5.41, 5.74) is 2.01. The largest absolute Gasteiger partial charge is 0.496 e. The van der Waals surface area contributed by atoms with Crippen LogP contribution < -0.4 is 4.74 Å². The Morgan fingerprint density at radius 3 is 2.40 bits per heavy atom. The molecule has 106 valence electrons. The molecule has 2 aromatic rings. The number of ether oxygens (including phenoxy) is 1. The number of rotatable bonds is 3. The van der Waals surface area contributed by atoms with Gasteiger partial charge in [0.25, 0.3) is 0 Å². The molecule has 0 aliphatic rings. The number of methoxy groups -OCH3 is 1. The molecule has 0 saturated heterocycles. The second-order valence-electron chi connectivity index (χ2n) is 4.40. The quantitative estimate of drug-likeness (QED) is 0.482. The zero-order chi connectivity index (χ0) is 14.9. The summed E-state index contributed by atoms with van der Waals surface area (Å²) in [4.78, 5) is -0.486. The van der Waals surface area contributed by atoms with E-state index in [-0.39, 0.29) is 10.0 Å². The minimum absolute atomic E-state index is 0.106. The van der Waals surface area contributed by atoms with Crippen molar-refractivity contribution in [1.82, 2.24) is 0 Å². The van der Waals surface area contributed by atoms with Crippen LogP contribution in [0.15, 0.2) is 34.8 Å². The summed E-state index contributed by atoms with van der Waals surface area (Å²) in [6.45, 7) is 1.93. The Morgan fingerprint density at radius 1 is 1.05 bits per heavy atom. The van der Waals surface area contributed by atoms with Crippen molar-refractivity contribution in [2.45, 2.75) is 11.8 Å². The molecule has 1 unspecified atom stereocenters. The Bertz CT molecular complexity index is 644. The molecule has 0 heterocycles. The normalized spacial score (nSPS) is 12.3. The molecule has 0 fully saturated rings. The molecular formula is C15H12Br2F2O. The van der Waals surface area contributed by atoms with Gasteiger partial charge in [0, 0.05) is 11.1 Å². The maximum absolute atomic E-state index is 14.0. The van der Waals surface area contributed by atoms with Crippen molar-refractivity contribution in [3.05, 3.63) is 63.1 Å². The van der Waals surface area contributed by atoms with Gasteiger partial charge in [-0.25, -0.2) is 8.78 Å². The summed E-state index contributed by atoms with van der Waals surface area (Å²) in [6, 6.07) is 7.91. The van der Waals surface area contributed by atoms with Gasteiger partial charge in [0.2, 0.25) is 0 Å². The maximum atomic E-state index is 14.0. The van der Waals surface area contributed by atoms with Gasteiger partial charge in [-0.3, -0.25) is 0 Å². The van der Waals surface area contributed by atoms with Crippen LogP contribution in [0.25, 0.3) is 0 Å². The van der Waals surface area contributed by atoms with E-state index in [0.29, 0.717) is 5.75 Å². The summed E-state index contributed by atoms with van der Waals surface area (Å²) in [7, 11) is 1.55. The lowest BCUT2D eigenvalue weighted by molar-refractivity contribution is 0.410. The van der Waals surface area contributed by atoms with E-state index >= 15 is 0 Å². The van der Waals surface area contributed by atoms with Gasteiger partial charge in [0.15, 0.2) is 0 Å². The lowest BCUT2D eigenvalue weighted by atomic mass is 10.0. The third-order valence-corrected chi connectivity index (χ3v) is 4.57. The third-order valence-electron chi connectivity index (χ3n) is 2.97. The van der Waals surface area contributed by atoms with Gasteiger partial charge >= 0.3 is 0 Å². The fourth-order valence-corrected chi connectivity index (χ4v) is 2.98. The molecule has 0 bridgehead atoms. The van der Waals surface area contributed by atoms with Crippen LogP contribution in [0.4, 0.5) is 8.78 Å². The fraction of sp³-hybridized carbons (Fsp3) is 0.200. The van der Waals surface area contributed by atoms with Crippen molar-refractivity contribution < 1.29 is 13.5 Å². The van der Waals surface area contributed by atoms with E-state index in [2.05, 4.69) is 31.9 Å². The monoisotopic (exact) mass is 404 g/mol. The van der Waals surface area contributed by atoms with Gasteiger partial charge in [0.1, 0.15) is 17.4 Å². The Hall–Kier alpha value is -0.940. The molecular weight excluding hydrogens is 394 g/mol. The predicted octanol–water partition coefficient (Wildman–Crippen LogP) is 5.53. The van der Waals surface area contributed by atoms with Crippen LogP contribution in [0.3, 0.4) is 0 Å². The van der Waals surface area contributed by atoms with Gasteiger partial charge in [-0.2, -0.15) is 0 Å². The first-order chi connectivity index (χ1) is 9.43. The molecule has 2 aromatic carbocycles. The molecule has 0 N–H and O–H groups in total. The van der Waals surface area contributed by atoms with Crippen LogP contribution in [0, 0.1) is 18.6 Å². The van der Waals surface area contributed by atoms with E-state index in [1.54, 1.807) is 7.11 Å². The van der Waals surface area contributed by atoms with Crippen molar-refractivity contribution in [2.24, 2.45) is 0 Å². The van der Waals surface area contributed by atoms with Crippen LogP contribution in [-0.4, -0.2) is 7.11 Å². The molecule has 1 atom stereocenters. The minimum atomic E-state index is -0.502. The highest BCUT2D eigenvalue weighted by Crippen LogP contribution is 2.39. The van der Waals surface area contributed by atoms with Gasteiger partial charge in [0.05, 0.1) is 16.4 Å². The zero-order valence-corrected chi connectivity index (χ0v) is 14.1. The van der Waals surface area contributed by atoms with Gasteiger partial charge < -0.3 is 4.74 Å². The second-order valence-corrected chi connectivity index (χ2v) is 6.17. The van der Waals surface area contributed by atoms with Crippen LogP contribution in [0.5, 0.6) is 5.75 Å². The maximum Gasteiger partial charge on any atom is 0.137 e. The lowest BCUT2D eigenvalue weighted by Gasteiger charge is -2.16. The summed E-state index contributed by atoms with van der Waals surface area (Å²) in [5, 5.41) is 0. The number of hydrogen-bond acceptors (Lipinski definition) is 1. The van der Waals surface area contributed by atoms with Crippen molar-refractivity contribution in [3.63, 3.8) is 0 Å². The highest BCUT2D eigenvalue weighted by Gasteiger charge is 2.20. The van der Waals surface area contributed by atoms with Crippen molar-refractivity contribution in [3.8, 4) is 5.75 Å². The molecule has 5 heteroatoms. The van der Waals surface area contributed by atoms with Crippen molar-refractivity contribution in [2.75, 3.05) is 7.11 Å². The molecule has 0 spiro atoms. The fourth-order valence-electron chi connectivity index (χ4n) is 1.95. The van der Waals surface area contributed by atoms with Gasteiger partial charge in [-0.15, -0.1) is 0 Å². The smallest absolute Gasteiger partial charge is 0.137 e. The summed E-state index contributed by atoms with van der Waals surface area (Å²) >= 11 is 6.40. The van der Waals surface area contributed by atoms with Crippen molar-refractivity contribution in [1.29, 1.82) is 0 Å². The molecule has 0 radical (unpaired) electrons. The van der Waals surface area contributed by atoms with E-state index in [9.17, 15) is 8.78 Å². The van der Waals surface area contributed by atoms with Crippen LogP contribution in [0.1, 0.15) is 21.5 Å². The zero-order valence-electron chi connectivity index (χ0n) is 10.9. The predicted molar refractivity (Wildman–Crippen MR) is 82.6 cm³/mol. The molecule has 1 nitrogen and oxygen atoms in total. The highest BCUT2D eigenvalue weighted by atomic mass is 79.9. The SMILES string of the molecule is COc1ccc(C)cc1C(Br)c1cc(F)c(Br)cc1F. The Kier molecular flexibility index (Phi) is 4.81. The molecule has 0 aromatic heterocycles. The first kappa shape index (κ1) is 15.4. The number of hydrogen-bond donors (Lipinski definition) is 0. The molecule has 20 heavy (non-hydrogen) atoms. The molecule has 0 aliphatic carbocycles. The first-order valence-electron chi connectivity index (χ1n) is 5.87. The number of aryl methyl sites for hydroxylation is 1. The highest BCUT2D eigenvalue weighted by molar-refractivity contribution is 9.10. The second kappa shape index (κ2) is 6.22. The van der Waals surface area contributed by atoms with E-state index in [4.69, 9.17) is 4.74 Å². The Labute approximate surface area is 133 Å². The summed E-state index contributed by atoms with van der Waals surface area (Å²) in [6.07, 6.45) is 0. The molecule has 0 aliphatic heterocycles. The molecule has 0 amide bonds.